The normalized spacial score (nSPS) is 48.4. The molecule has 0 aliphatic heterocycles. The summed E-state index contributed by atoms with van der Waals surface area (Å²) >= 11 is 0. The van der Waals surface area contributed by atoms with Crippen molar-refractivity contribution in [3.8, 4) is 12.3 Å². The van der Waals surface area contributed by atoms with Crippen LogP contribution in [0.2, 0.25) is 0 Å². The SMILES string of the molecule is C#CC1(OC(C)=O)CCC2C3CCC4CC(OC(C)=O)CC[C@]4(C)C3CC[C@@]21C. The zero-order chi connectivity index (χ0) is 21.0. The summed E-state index contributed by atoms with van der Waals surface area (Å²) in [5, 5.41) is 0. The Morgan fingerprint density at radius 1 is 0.931 bits per heavy atom. The van der Waals surface area contributed by atoms with E-state index >= 15 is 0 Å². The highest BCUT2D eigenvalue weighted by Crippen LogP contribution is 2.68. The number of terminal acetylenes is 1. The monoisotopic (exact) mass is 400 g/mol. The highest BCUT2D eigenvalue weighted by atomic mass is 16.6. The number of fused-ring (bicyclic) bond motifs is 5. The van der Waals surface area contributed by atoms with Crippen molar-refractivity contribution < 1.29 is 19.1 Å². The molecule has 0 heterocycles. The van der Waals surface area contributed by atoms with Crippen LogP contribution in [0.1, 0.15) is 85.5 Å². The first-order valence-electron chi connectivity index (χ1n) is 11.5. The molecule has 0 radical (unpaired) electrons. The van der Waals surface area contributed by atoms with Crippen molar-refractivity contribution >= 4 is 11.9 Å². The molecule has 0 aromatic rings. The van der Waals surface area contributed by atoms with E-state index in [4.69, 9.17) is 15.9 Å². The lowest BCUT2D eigenvalue weighted by Crippen LogP contribution is -2.57. The summed E-state index contributed by atoms with van der Waals surface area (Å²) in [7, 11) is 0. The summed E-state index contributed by atoms with van der Waals surface area (Å²) in [6.07, 6.45) is 15.7. The first-order valence-corrected chi connectivity index (χ1v) is 11.5. The molecule has 8 atom stereocenters. The van der Waals surface area contributed by atoms with Gasteiger partial charge in [-0.3, -0.25) is 9.59 Å². The van der Waals surface area contributed by atoms with Crippen molar-refractivity contribution in [3.05, 3.63) is 0 Å². The van der Waals surface area contributed by atoms with E-state index in [1.165, 1.54) is 26.7 Å². The van der Waals surface area contributed by atoms with Crippen LogP contribution in [0.25, 0.3) is 0 Å². The summed E-state index contributed by atoms with van der Waals surface area (Å²) in [5.41, 5.74) is -0.532. The largest absolute Gasteiger partial charge is 0.463 e. The van der Waals surface area contributed by atoms with E-state index in [0.717, 1.165) is 44.9 Å². The molecule has 0 N–H and O–H groups in total. The zero-order valence-electron chi connectivity index (χ0n) is 18.5. The quantitative estimate of drug-likeness (QED) is 0.489. The topological polar surface area (TPSA) is 52.6 Å². The van der Waals surface area contributed by atoms with Crippen LogP contribution in [0.4, 0.5) is 0 Å². The highest BCUT2D eigenvalue weighted by molar-refractivity contribution is 5.67. The molecule has 6 unspecified atom stereocenters. The highest BCUT2D eigenvalue weighted by Gasteiger charge is 2.66. The van der Waals surface area contributed by atoms with Crippen LogP contribution in [0, 0.1) is 46.8 Å². The van der Waals surface area contributed by atoms with Gasteiger partial charge < -0.3 is 9.47 Å². The molecule has 0 bridgehead atoms. The fourth-order valence-corrected chi connectivity index (χ4v) is 8.24. The number of carbonyl (C=O) groups excluding carboxylic acids is 2. The van der Waals surface area contributed by atoms with Gasteiger partial charge >= 0.3 is 11.9 Å². The molecule has 0 amide bonds. The molecule has 0 aromatic carbocycles. The third-order valence-corrected chi connectivity index (χ3v) is 9.62. The first kappa shape index (κ1) is 20.8. The van der Waals surface area contributed by atoms with Crippen LogP contribution in [0.15, 0.2) is 0 Å². The van der Waals surface area contributed by atoms with Crippen molar-refractivity contribution in [2.75, 3.05) is 0 Å². The van der Waals surface area contributed by atoms with Gasteiger partial charge in [-0.05, 0) is 86.9 Å². The van der Waals surface area contributed by atoms with Crippen LogP contribution in [-0.4, -0.2) is 23.6 Å². The molecule has 0 spiro atoms. The van der Waals surface area contributed by atoms with E-state index in [2.05, 4.69) is 19.8 Å². The van der Waals surface area contributed by atoms with E-state index in [9.17, 15) is 9.59 Å². The summed E-state index contributed by atoms with van der Waals surface area (Å²) < 4.78 is 11.4. The number of rotatable bonds is 2. The van der Waals surface area contributed by atoms with Gasteiger partial charge in [0, 0.05) is 19.3 Å². The van der Waals surface area contributed by atoms with Crippen molar-refractivity contribution in [2.24, 2.45) is 34.5 Å². The maximum Gasteiger partial charge on any atom is 0.304 e. The Kier molecular flexibility index (Phi) is 5.03. The van der Waals surface area contributed by atoms with Crippen molar-refractivity contribution in [1.82, 2.24) is 0 Å². The van der Waals surface area contributed by atoms with Gasteiger partial charge in [0.2, 0.25) is 0 Å². The molecule has 160 valence electrons. The van der Waals surface area contributed by atoms with Gasteiger partial charge in [-0.1, -0.05) is 19.8 Å². The Morgan fingerprint density at radius 2 is 1.66 bits per heavy atom. The number of hydrogen-bond donors (Lipinski definition) is 0. The van der Waals surface area contributed by atoms with Crippen molar-refractivity contribution in [1.29, 1.82) is 0 Å². The van der Waals surface area contributed by atoms with Gasteiger partial charge in [0.05, 0.1) is 0 Å². The van der Waals surface area contributed by atoms with Crippen molar-refractivity contribution in [3.63, 3.8) is 0 Å². The second kappa shape index (κ2) is 7.03. The molecule has 4 rings (SSSR count). The van der Waals surface area contributed by atoms with Gasteiger partial charge in [-0.25, -0.2) is 0 Å². The summed E-state index contributed by atoms with van der Waals surface area (Å²) in [5.74, 6) is 5.06. The third-order valence-electron chi connectivity index (χ3n) is 9.62. The lowest BCUT2D eigenvalue weighted by Gasteiger charge is -2.61. The van der Waals surface area contributed by atoms with Crippen molar-refractivity contribution in [2.45, 2.75) is 97.2 Å². The number of hydrogen-bond acceptors (Lipinski definition) is 4. The van der Waals surface area contributed by atoms with Gasteiger partial charge in [0.15, 0.2) is 5.60 Å². The molecule has 29 heavy (non-hydrogen) atoms. The molecule has 0 saturated heterocycles. The molecular weight excluding hydrogens is 364 g/mol. The van der Waals surface area contributed by atoms with Crippen LogP contribution < -0.4 is 0 Å². The fourth-order valence-electron chi connectivity index (χ4n) is 8.24. The standard InChI is InChI=1S/C25H36O4/c1-6-25(29-17(3)27)14-11-22-20-8-7-18-15-19(28-16(2)26)9-12-23(18,4)21(20)10-13-24(22,25)5/h1,18-22H,7-15H2,2-5H3/t18?,19?,20?,21?,22?,23-,24-,25?/m0/s1. The third kappa shape index (κ3) is 3.03. The minimum absolute atomic E-state index is 0.0977. The molecule has 4 aliphatic rings. The van der Waals surface area contributed by atoms with Crippen LogP contribution in [0.5, 0.6) is 0 Å². The van der Waals surface area contributed by atoms with E-state index in [1.807, 2.05) is 0 Å². The smallest absolute Gasteiger partial charge is 0.304 e. The van der Waals surface area contributed by atoms with E-state index in [1.54, 1.807) is 0 Å². The predicted molar refractivity (Wildman–Crippen MR) is 111 cm³/mol. The number of carbonyl (C=O) groups is 2. The average Bonchev–Trinajstić information content (AvgIpc) is 2.94. The lowest BCUT2D eigenvalue weighted by atomic mass is 9.44. The average molecular weight is 401 g/mol. The predicted octanol–water partition coefficient (Wildman–Crippen LogP) is 4.90. The van der Waals surface area contributed by atoms with E-state index in [0.29, 0.717) is 29.1 Å². The Bertz CT molecular complexity index is 738. The maximum absolute atomic E-state index is 11.9. The lowest BCUT2D eigenvalue weighted by molar-refractivity contribution is -0.178. The van der Waals surface area contributed by atoms with Crippen LogP contribution in [0.3, 0.4) is 0 Å². The minimum Gasteiger partial charge on any atom is -0.463 e. The molecule has 4 nitrogen and oxygen atoms in total. The number of ether oxygens (including phenoxy) is 2. The molecule has 4 saturated carbocycles. The summed E-state index contributed by atoms with van der Waals surface area (Å²) in [6.45, 7) is 7.79. The van der Waals surface area contributed by atoms with Gasteiger partial charge in [0.1, 0.15) is 6.10 Å². The van der Waals surface area contributed by atoms with E-state index < -0.39 is 5.60 Å². The second-order valence-corrected chi connectivity index (χ2v) is 10.7. The second-order valence-electron chi connectivity index (χ2n) is 10.7. The summed E-state index contributed by atoms with van der Waals surface area (Å²) in [4.78, 5) is 23.3. The zero-order valence-corrected chi connectivity index (χ0v) is 18.5. The van der Waals surface area contributed by atoms with E-state index in [-0.39, 0.29) is 23.5 Å². The van der Waals surface area contributed by atoms with Gasteiger partial charge in [0.25, 0.3) is 0 Å². The first-order chi connectivity index (χ1) is 13.6. The Morgan fingerprint density at radius 3 is 2.31 bits per heavy atom. The molecule has 0 aromatic heterocycles. The van der Waals surface area contributed by atoms with Gasteiger partial charge in [-0.15, -0.1) is 6.42 Å². The minimum atomic E-state index is -0.737. The van der Waals surface area contributed by atoms with Crippen LogP contribution >= 0.6 is 0 Å². The Labute approximate surface area is 175 Å². The number of esters is 2. The molecular formula is C25H36O4. The Balaban J connectivity index is 1.57. The van der Waals surface area contributed by atoms with Crippen LogP contribution in [-0.2, 0) is 19.1 Å². The molecule has 4 fully saturated rings. The summed E-state index contributed by atoms with van der Waals surface area (Å²) in [6, 6.07) is 0. The molecule has 4 aliphatic carbocycles. The fraction of sp³-hybridized carbons (Fsp3) is 0.840. The maximum atomic E-state index is 11.9. The Hall–Kier alpha value is -1.50. The van der Waals surface area contributed by atoms with Gasteiger partial charge in [-0.2, -0.15) is 0 Å². The molecule has 4 heteroatoms.